The largest absolute Gasteiger partial charge is 0.508 e. The summed E-state index contributed by atoms with van der Waals surface area (Å²) in [5, 5.41) is 9.02. The standard InChI is InChI=1S/C10H12O5/c1-7(10(12)15-13-2)14-9-5-3-8(11)4-6-9/h3-7,11H,1-2H3/t7-/m1/s1. The predicted octanol–water partition coefficient (Wildman–Crippen LogP) is 1.26. The van der Waals surface area contributed by atoms with Gasteiger partial charge in [0.2, 0.25) is 0 Å². The summed E-state index contributed by atoms with van der Waals surface area (Å²) in [4.78, 5) is 19.6. The summed E-state index contributed by atoms with van der Waals surface area (Å²) < 4.78 is 5.22. The number of carbonyl (C=O) groups excluding carboxylic acids is 1. The van der Waals surface area contributed by atoms with Crippen LogP contribution in [0.2, 0.25) is 0 Å². The fourth-order valence-electron chi connectivity index (χ4n) is 0.927. The monoisotopic (exact) mass is 212 g/mol. The minimum absolute atomic E-state index is 0.134. The number of benzene rings is 1. The smallest absolute Gasteiger partial charge is 0.382 e. The first-order valence-electron chi connectivity index (χ1n) is 4.33. The molecule has 0 heterocycles. The lowest BCUT2D eigenvalue weighted by molar-refractivity contribution is -0.260. The highest BCUT2D eigenvalue weighted by molar-refractivity contribution is 5.74. The van der Waals surface area contributed by atoms with E-state index in [1.54, 1.807) is 12.1 Å². The third-order valence-corrected chi connectivity index (χ3v) is 1.65. The summed E-state index contributed by atoms with van der Waals surface area (Å²) in [7, 11) is 1.24. The first-order valence-corrected chi connectivity index (χ1v) is 4.33. The van der Waals surface area contributed by atoms with Gasteiger partial charge in [0.15, 0.2) is 6.10 Å². The summed E-state index contributed by atoms with van der Waals surface area (Å²) in [5.74, 6) is -0.0200. The average molecular weight is 212 g/mol. The Kier molecular flexibility index (Phi) is 3.93. The lowest BCUT2D eigenvalue weighted by Crippen LogP contribution is -2.25. The topological polar surface area (TPSA) is 65.0 Å². The zero-order valence-electron chi connectivity index (χ0n) is 8.47. The van der Waals surface area contributed by atoms with Gasteiger partial charge >= 0.3 is 5.97 Å². The molecule has 0 saturated heterocycles. The van der Waals surface area contributed by atoms with Gasteiger partial charge in [-0.2, -0.15) is 4.89 Å². The minimum atomic E-state index is -0.769. The van der Waals surface area contributed by atoms with Crippen molar-refractivity contribution >= 4 is 5.97 Å². The van der Waals surface area contributed by atoms with Crippen LogP contribution in [0, 0.1) is 0 Å². The summed E-state index contributed by atoms with van der Waals surface area (Å²) >= 11 is 0. The molecular weight excluding hydrogens is 200 g/mol. The summed E-state index contributed by atoms with van der Waals surface area (Å²) in [6.45, 7) is 1.54. The number of rotatable bonds is 4. The molecule has 0 fully saturated rings. The van der Waals surface area contributed by atoms with Crippen LogP contribution >= 0.6 is 0 Å². The number of carbonyl (C=O) groups is 1. The molecule has 0 saturated carbocycles. The van der Waals surface area contributed by atoms with Crippen molar-refractivity contribution in [2.24, 2.45) is 0 Å². The Labute approximate surface area is 87.1 Å². The average Bonchev–Trinajstić information content (AvgIpc) is 2.22. The van der Waals surface area contributed by atoms with Crippen molar-refractivity contribution in [1.82, 2.24) is 0 Å². The number of phenolic OH excluding ortho intramolecular Hbond substituents is 1. The molecule has 0 aromatic heterocycles. The molecule has 0 aliphatic carbocycles. The van der Waals surface area contributed by atoms with E-state index in [9.17, 15) is 4.79 Å². The molecule has 0 unspecified atom stereocenters. The third kappa shape index (κ3) is 3.47. The van der Waals surface area contributed by atoms with Gasteiger partial charge in [-0.3, -0.25) is 4.89 Å². The summed E-state index contributed by atoms with van der Waals surface area (Å²) in [6, 6.07) is 6.02. The van der Waals surface area contributed by atoms with Gasteiger partial charge in [0.1, 0.15) is 11.5 Å². The Morgan fingerprint density at radius 3 is 2.47 bits per heavy atom. The molecule has 1 N–H and O–H groups in total. The number of aromatic hydroxyl groups is 1. The van der Waals surface area contributed by atoms with E-state index >= 15 is 0 Å². The van der Waals surface area contributed by atoms with E-state index in [-0.39, 0.29) is 5.75 Å². The maximum atomic E-state index is 11.1. The highest BCUT2D eigenvalue weighted by atomic mass is 17.2. The van der Waals surface area contributed by atoms with Crippen LogP contribution in [-0.4, -0.2) is 24.3 Å². The van der Waals surface area contributed by atoms with Crippen LogP contribution in [0.5, 0.6) is 11.5 Å². The van der Waals surface area contributed by atoms with Gasteiger partial charge in [0.05, 0.1) is 7.11 Å². The van der Waals surface area contributed by atoms with Gasteiger partial charge < -0.3 is 9.84 Å². The summed E-state index contributed by atoms with van der Waals surface area (Å²) in [6.07, 6.45) is -0.769. The van der Waals surface area contributed by atoms with Crippen LogP contribution in [0.15, 0.2) is 24.3 Å². The molecule has 1 atom stereocenters. The lowest BCUT2D eigenvalue weighted by atomic mass is 10.3. The van der Waals surface area contributed by atoms with Crippen LogP contribution < -0.4 is 4.74 Å². The van der Waals surface area contributed by atoms with Crippen LogP contribution in [0.1, 0.15) is 6.92 Å². The van der Waals surface area contributed by atoms with E-state index < -0.39 is 12.1 Å². The molecule has 1 aromatic carbocycles. The molecule has 0 amide bonds. The molecular formula is C10H12O5. The highest BCUT2D eigenvalue weighted by Gasteiger charge is 2.16. The van der Waals surface area contributed by atoms with Gasteiger partial charge in [0.25, 0.3) is 0 Å². The molecule has 1 aromatic rings. The Morgan fingerprint density at radius 1 is 1.33 bits per heavy atom. The molecule has 5 heteroatoms. The maximum absolute atomic E-state index is 11.1. The fraction of sp³-hybridized carbons (Fsp3) is 0.300. The number of hydrogen-bond acceptors (Lipinski definition) is 5. The Morgan fingerprint density at radius 2 is 1.93 bits per heavy atom. The molecule has 1 rings (SSSR count). The van der Waals surface area contributed by atoms with Gasteiger partial charge in [-0.25, -0.2) is 4.79 Å². The van der Waals surface area contributed by atoms with Crippen molar-refractivity contribution in [1.29, 1.82) is 0 Å². The van der Waals surface area contributed by atoms with E-state index in [1.165, 1.54) is 26.2 Å². The van der Waals surface area contributed by atoms with Crippen molar-refractivity contribution in [3.05, 3.63) is 24.3 Å². The van der Waals surface area contributed by atoms with Crippen molar-refractivity contribution in [2.45, 2.75) is 13.0 Å². The van der Waals surface area contributed by atoms with Crippen LogP contribution in [-0.2, 0) is 14.6 Å². The van der Waals surface area contributed by atoms with E-state index in [0.29, 0.717) is 5.75 Å². The Bertz CT molecular complexity index is 319. The first-order chi connectivity index (χ1) is 7.13. The van der Waals surface area contributed by atoms with Crippen molar-refractivity contribution < 1.29 is 24.4 Å². The summed E-state index contributed by atoms with van der Waals surface area (Å²) in [5.41, 5.74) is 0. The van der Waals surface area contributed by atoms with Gasteiger partial charge in [-0.05, 0) is 31.2 Å². The van der Waals surface area contributed by atoms with E-state index in [0.717, 1.165) is 0 Å². The number of hydrogen-bond donors (Lipinski definition) is 1. The van der Waals surface area contributed by atoms with Gasteiger partial charge in [-0.15, -0.1) is 0 Å². The third-order valence-electron chi connectivity index (χ3n) is 1.65. The van der Waals surface area contributed by atoms with E-state index in [1.807, 2.05) is 0 Å². The fourth-order valence-corrected chi connectivity index (χ4v) is 0.927. The molecule has 82 valence electrons. The quantitative estimate of drug-likeness (QED) is 0.601. The molecule has 0 spiro atoms. The number of ether oxygens (including phenoxy) is 1. The van der Waals surface area contributed by atoms with Crippen molar-refractivity contribution in [3.8, 4) is 11.5 Å². The number of phenols is 1. The Hall–Kier alpha value is -1.75. The molecule has 0 aliphatic heterocycles. The van der Waals surface area contributed by atoms with Gasteiger partial charge in [0, 0.05) is 0 Å². The second-order valence-corrected chi connectivity index (χ2v) is 2.82. The van der Waals surface area contributed by atoms with Crippen molar-refractivity contribution in [3.63, 3.8) is 0 Å². The molecule has 0 bridgehead atoms. The molecule has 0 radical (unpaired) electrons. The first kappa shape index (κ1) is 11.3. The van der Waals surface area contributed by atoms with Gasteiger partial charge in [-0.1, -0.05) is 0 Å². The van der Waals surface area contributed by atoms with Crippen LogP contribution in [0.25, 0.3) is 0 Å². The van der Waals surface area contributed by atoms with E-state index in [2.05, 4.69) is 9.78 Å². The van der Waals surface area contributed by atoms with Crippen molar-refractivity contribution in [2.75, 3.05) is 7.11 Å². The predicted molar refractivity (Wildman–Crippen MR) is 51.3 cm³/mol. The molecule has 0 aliphatic rings. The van der Waals surface area contributed by atoms with E-state index in [4.69, 9.17) is 9.84 Å². The molecule has 15 heavy (non-hydrogen) atoms. The highest BCUT2D eigenvalue weighted by Crippen LogP contribution is 2.17. The second kappa shape index (κ2) is 5.21. The second-order valence-electron chi connectivity index (χ2n) is 2.82. The molecule has 5 nitrogen and oxygen atoms in total. The maximum Gasteiger partial charge on any atom is 0.382 e. The van der Waals surface area contributed by atoms with Crippen LogP contribution in [0.3, 0.4) is 0 Å². The zero-order valence-corrected chi connectivity index (χ0v) is 8.47. The normalized spacial score (nSPS) is 11.9. The Balaban J connectivity index is 2.54. The minimum Gasteiger partial charge on any atom is -0.508 e. The zero-order chi connectivity index (χ0) is 11.3. The van der Waals surface area contributed by atoms with Crippen LogP contribution in [0.4, 0.5) is 0 Å². The lowest BCUT2D eigenvalue weighted by Gasteiger charge is -2.11. The SMILES string of the molecule is COOC(=O)[C@@H](C)Oc1ccc(O)cc1.